The van der Waals surface area contributed by atoms with E-state index in [9.17, 15) is 33.9 Å². The molecule has 0 radical (unpaired) electrons. The van der Waals surface area contributed by atoms with Crippen molar-refractivity contribution in [2.75, 3.05) is 6.54 Å². The van der Waals surface area contributed by atoms with E-state index in [0.29, 0.717) is 6.42 Å². The predicted molar refractivity (Wildman–Crippen MR) is 95.9 cm³/mol. The number of amides is 4. The Morgan fingerprint density at radius 1 is 1.03 bits per heavy atom. The molecule has 0 saturated carbocycles. The van der Waals surface area contributed by atoms with Crippen LogP contribution in [0.4, 0.5) is 0 Å². The zero-order valence-electron chi connectivity index (χ0n) is 15.8. The maximum Gasteiger partial charge on any atom is 0.326 e. The average Bonchev–Trinajstić information content (AvgIpc) is 3.08. The van der Waals surface area contributed by atoms with E-state index in [0.717, 1.165) is 4.90 Å². The van der Waals surface area contributed by atoms with Gasteiger partial charge in [-0.05, 0) is 19.8 Å². The predicted octanol–water partition coefficient (Wildman–Crippen LogP) is -3.27. The van der Waals surface area contributed by atoms with E-state index in [2.05, 4.69) is 10.6 Å². The molecule has 1 rings (SSSR count). The van der Waals surface area contributed by atoms with Gasteiger partial charge in [0, 0.05) is 6.54 Å². The van der Waals surface area contributed by atoms with Gasteiger partial charge in [-0.2, -0.15) is 0 Å². The molecule has 4 unspecified atom stereocenters. The van der Waals surface area contributed by atoms with Crippen LogP contribution in [0.25, 0.3) is 0 Å². The summed E-state index contributed by atoms with van der Waals surface area (Å²) in [6.45, 7) is 1.43. The summed E-state index contributed by atoms with van der Waals surface area (Å²) in [6, 6.07) is -5.21. The van der Waals surface area contributed by atoms with Crippen LogP contribution in [0.3, 0.4) is 0 Å². The molecule has 0 aromatic carbocycles. The third-order valence-electron chi connectivity index (χ3n) is 4.27. The lowest BCUT2D eigenvalue weighted by molar-refractivity contribution is -0.150. The van der Waals surface area contributed by atoms with Gasteiger partial charge < -0.3 is 37.2 Å². The van der Waals surface area contributed by atoms with Gasteiger partial charge in [-0.1, -0.05) is 0 Å². The molecule has 0 aromatic heterocycles. The zero-order chi connectivity index (χ0) is 22.3. The maximum atomic E-state index is 12.7. The van der Waals surface area contributed by atoms with Crippen LogP contribution in [-0.2, 0) is 28.8 Å². The Morgan fingerprint density at radius 2 is 1.62 bits per heavy atom. The van der Waals surface area contributed by atoms with E-state index in [4.69, 9.17) is 16.6 Å². The van der Waals surface area contributed by atoms with Crippen LogP contribution in [0.5, 0.6) is 0 Å². The molecule has 4 atom stereocenters. The van der Waals surface area contributed by atoms with Crippen molar-refractivity contribution in [3.8, 4) is 0 Å². The largest absolute Gasteiger partial charge is 0.481 e. The Labute approximate surface area is 165 Å². The van der Waals surface area contributed by atoms with E-state index >= 15 is 0 Å². The number of nitrogens with two attached hydrogens (primary N) is 2. The number of hydrogen-bond acceptors (Lipinski definition) is 7. The number of rotatable bonds is 10. The topological polar surface area (TPSA) is 222 Å². The molecule has 13 heteroatoms. The smallest absolute Gasteiger partial charge is 0.326 e. The molecule has 0 aliphatic carbocycles. The van der Waals surface area contributed by atoms with Crippen LogP contribution < -0.4 is 22.1 Å². The molecule has 4 amide bonds. The minimum atomic E-state index is -1.59. The number of carbonyl (C=O) groups excluding carboxylic acids is 4. The van der Waals surface area contributed by atoms with Crippen LogP contribution >= 0.6 is 0 Å². The summed E-state index contributed by atoms with van der Waals surface area (Å²) in [7, 11) is 0. The lowest BCUT2D eigenvalue weighted by Crippen LogP contribution is -2.58. The van der Waals surface area contributed by atoms with Crippen LogP contribution in [-0.4, -0.2) is 81.4 Å². The van der Waals surface area contributed by atoms with Gasteiger partial charge in [-0.25, -0.2) is 4.79 Å². The molecule has 0 spiro atoms. The van der Waals surface area contributed by atoms with Crippen LogP contribution in [0.1, 0.15) is 32.6 Å². The number of carboxylic acid groups (broad SMARTS) is 2. The summed E-state index contributed by atoms with van der Waals surface area (Å²) in [4.78, 5) is 71.6. The normalized spacial score (nSPS) is 19.0. The maximum absolute atomic E-state index is 12.7. The molecule has 29 heavy (non-hydrogen) atoms. The third-order valence-corrected chi connectivity index (χ3v) is 4.27. The number of carbonyl (C=O) groups is 6. The Balaban J connectivity index is 3.01. The second-order valence-electron chi connectivity index (χ2n) is 6.71. The molecule has 8 N–H and O–H groups in total. The molecule has 0 bridgehead atoms. The second-order valence-corrected chi connectivity index (χ2v) is 6.71. The van der Waals surface area contributed by atoms with E-state index < -0.39 is 72.6 Å². The number of aliphatic carboxylic acids is 2. The van der Waals surface area contributed by atoms with Gasteiger partial charge in [-0.3, -0.25) is 24.0 Å². The highest BCUT2D eigenvalue weighted by molar-refractivity contribution is 5.97. The molecule has 1 aliphatic heterocycles. The van der Waals surface area contributed by atoms with E-state index in [1.54, 1.807) is 0 Å². The van der Waals surface area contributed by atoms with Crippen LogP contribution in [0.2, 0.25) is 0 Å². The highest BCUT2D eigenvalue weighted by Gasteiger charge is 2.39. The van der Waals surface area contributed by atoms with Gasteiger partial charge in [0.05, 0.1) is 18.9 Å². The van der Waals surface area contributed by atoms with E-state index in [1.807, 2.05) is 0 Å². The average molecular weight is 415 g/mol. The Hall–Kier alpha value is -3.22. The number of carboxylic acids is 2. The first-order valence-electron chi connectivity index (χ1n) is 8.83. The zero-order valence-corrected chi connectivity index (χ0v) is 15.8. The fourth-order valence-corrected chi connectivity index (χ4v) is 2.85. The first-order valence-corrected chi connectivity index (χ1v) is 8.83. The number of nitrogens with zero attached hydrogens (tertiary/aromatic N) is 1. The van der Waals surface area contributed by atoms with Crippen molar-refractivity contribution in [2.45, 2.75) is 56.8 Å². The molecule has 1 saturated heterocycles. The minimum absolute atomic E-state index is 0.0912. The molecular formula is C16H25N5O8. The fraction of sp³-hybridized carbons (Fsp3) is 0.625. The summed E-state index contributed by atoms with van der Waals surface area (Å²) >= 11 is 0. The fourth-order valence-electron chi connectivity index (χ4n) is 2.85. The molecule has 1 heterocycles. The highest BCUT2D eigenvalue weighted by Crippen LogP contribution is 2.19. The molecular weight excluding hydrogens is 390 g/mol. The van der Waals surface area contributed by atoms with E-state index in [-0.39, 0.29) is 13.0 Å². The second kappa shape index (κ2) is 10.4. The van der Waals surface area contributed by atoms with Gasteiger partial charge in [0.2, 0.25) is 23.6 Å². The lowest BCUT2D eigenvalue weighted by atomic mass is 10.1. The van der Waals surface area contributed by atoms with Crippen molar-refractivity contribution in [2.24, 2.45) is 11.5 Å². The van der Waals surface area contributed by atoms with Gasteiger partial charge in [0.1, 0.15) is 18.1 Å². The van der Waals surface area contributed by atoms with Crippen LogP contribution in [0.15, 0.2) is 0 Å². The summed E-state index contributed by atoms with van der Waals surface area (Å²) < 4.78 is 0. The number of likely N-dealkylation sites (tertiary alicyclic amines) is 1. The summed E-state index contributed by atoms with van der Waals surface area (Å²) in [6.07, 6.45) is -0.827. The molecule has 1 aliphatic rings. The highest BCUT2D eigenvalue weighted by atomic mass is 16.4. The number of primary amides is 1. The first-order chi connectivity index (χ1) is 13.4. The van der Waals surface area contributed by atoms with Crippen molar-refractivity contribution < 1.29 is 39.0 Å². The molecule has 13 nitrogen and oxygen atoms in total. The first kappa shape index (κ1) is 23.8. The Morgan fingerprint density at radius 3 is 2.10 bits per heavy atom. The van der Waals surface area contributed by atoms with Gasteiger partial charge in [0.25, 0.3) is 0 Å². The van der Waals surface area contributed by atoms with Gasteiger partial charge in [0.15, 0.2) is 0 Å². The summed E-state index contributed by atoms with van der Waals surface area (Å²) in [5, 5.41) is 22.6. The van der Waals surface area contributed by atoms with Gasteiger partial charge in [-0.15, -0.1) is 0 Å². The van der Waals surface area contributed by atoms with Crippen LogP contribution in [0, 0.1) is 0 Å². The summed E-state index contributed by atoms with van der Waals surface area (Å²) in [5.74, 6) is -6.27. The SMILES string of the molecule is CC(N)C(=O)NC(CC(N)=O)C(=O)NC(CC(=O)O)C(=O)N1CCCC1C(=O)O. The van der Waals surface area contributed by atoms with Crippen molar-refractivity contribution in [3.63, 3.8) is 0 Å². The third kappa shape index (κ3) is 7.03. The number of hydrogen-bond donors (Lipinski definition) is 6. The quantitative estimate of drug-likeness (QED) is 0.210. The standard InChI is InChI=1S/C16H25N5O8/c1-7(17)13(25)19-8(5-11(18)22)14(26)20-9(6-12(23)24)15(27)21-4-2-3-10(21)16(28)29/h7-10H,2-6,17H2,1H3,(H2,18,22)(H,19,25)(H,20,26)(H,23,24)(H,28,29). The molecule has 1 fully saturated rings. The minimum Gasteiger partial charge on any atom is -0.481 e. The summed E-state index contributed by atoms with van der Waals surface area (Å²) in [5.41, 5.74) is 10.5. The lowest BCUT2D eigenvalue weighted by Gasteiger charge is -2.28. The Kier molecular flexibility index (Phi) is 8.51. The van der Waals surface area contributed by atoms with Crippen molar-refractivity contribution in [1.29, 1.82) is 0 Å². The van der Waals surface area contributed by atoms with Crippen molar-refractivity contribution >= 4 is 35.6 Å². The van der Waals surface area contributed by atoms with Crippen molar-refractivity contribution in [1.82, 2.24) is 15.5 Å². The molecule has 0 aromatic rings. The monoisotopic (exact) mass is 415 g/mol. The van der Waals surface area contributed by atoms with E-state index in [1.165, 1.54) is 6.92 Å². The van der Waals surface area contributed by atoms with Crippen molar-refractivity contribution in [3.05, 3.63) is 0 Å². The Bertz CT molecular complexity index is 695. The molecule has 162 valence electrons. The van der Waals surface area contributed by atoms with Gasteiger partial charge >= 0.3 is 11.9 Å². The number of nitrogens with one attached hydrogen (secondary N) is 2.